The Morgan fingerprint density at radius 1 is 0.933 bits per heavy atom. The van der Waals surface area contributed by atoms with Crippen LogP contribution in [0.4, 0.5) is 5.69 Å². The molecule has 0 amide bonds. The number of hydrogen-bond donors (Lipinski definition) is 0. The molecule has 0 saturated carbocycles. The molecule has 1 heterocycles. The molecule has 6 heteroatoms. The van der Waals surface area contributed by atoms with Crippen molar-refractivity contribution in [1.29, 1.82) is 0 Å². The van der Waals surface area contributed by atoms with Gasteiger partial charge in [0.1, 0.15) is 0 Å². The summed E-state index contributed by atoms with van der Waals surface area (Å²) in [6.07, 6.45) is 1.57. The summed E-state index contributed by atoms with van der Waals surface area (Å²) in [4.78, 5) is 27.1. The minimum atomic E-state index is -0.540. The Kier molecular flexibility index (Phi) is 5.37. The number of rotatable bonds is 3. The smallest absolute Gasteiger partial charge is 0.363 e. The summed E-state index contributed by atoms with van der Waals surface area (Å²) in [5.41, 5.74) is 3.67. The molecule has 0 bridgehead atoms. The third kappa shape index (κ3) is 4.64. The van der Waals surface area contributed by atoms with Crippen molar-refractivity contribution in [3.8, 4) is 0 Å². The van der Waals surface area contributed by atoms with Crippen molar-refractivity contribution in [2.75, 3.05) is 0 Å². The van der Waals surface area contributed by atoms with Gasteiger partial charge in [0, 0.05) is 17.7 Å². The predicted molar refractivity (Wildman–Crippen MR) is 118 cm³/mol. The van der Waals surface area contributed by atoms with Gasteiger partial charge in [-0.2, -0.15) is 0 Å². The highest BCUT2D eigenvalue weighted by Crippen LogP contribution is 2.31. The van der Waals surface area contributed by atoms with Crippen LogP contribution in [0.1, 0.15) is 63.8 Å². The van der Waals surface area contributed by atoms with Crippen molar-refractivity contribution < 1.29 is 14.5 Å². The number of cyclic esters (lactones) is 1. The molecule has 0 aliphatic carbocycles. The summed E-state index contributed by atoms with van der Waals surface area (Å²) in [7, 11) is 0. The second kappa shape index (κ2) is 7.52. The van der Waals surface area contributed by atoms with Crippen LogP contribution >= 0.6 is 0 Å². The van der Waals surface area contributed by atoms with Crippen LogP contribution in [-0.4, -0.2) is 16.8 Å². The maximum atomic E-state index is 12.4. The van der Waals surface area contributed by atoms with E-state index in [1.54, 1.807) is 18.2 Å². The maximum Gasteiger partial charge on any atom is 0.363 e. The van der Waals surface area contributed by atoms with Crippen molar-refractivity contribution in [3.63, 3.8) is 0 Å². The van der Waals surface area contributed by atoms with Crippen molar-refractivity contribution in [3.05, 3.63) is 80.5 Å². The van der Waals surface area contributed by atoms with Gasteiger partial charge in [-0.05, 0) is 57.9 Å². The summed E-state index contributed by atoms with van der Waals surface area (Å²) in [6.45, 7) is 12.8. The minimum absolute atomic E-state index is 0.0101. The Morgan fingerprint density at radius 2 is 1.47 bits per heavy atom. The predicted octanol–water partition coefficient (Wildman–Crippen LogP) is 5.53. The van der Waals surface area contributed by atoms with Crippen LogP contribution in [0.25, 0.3) is 6.08 Å². The van der Waals surface area contributed by atoms with E-state index in [4.69, 9.17) is 4.74 Å². The molecule has 1 aliphatic rings. The van der Waals surface area contributed by atoms with Gasteiger partial charge in [0.25, 0.3) is 5.69 Å². The summed E-state index contributed by atoms with van der Waals surface area (Å²) in [6, 6.07) is 12.1. The van der Waals surface area contributed by atoms with Crippen molar-refractivity contribution in [2.24, 2.45) is 4.99 Å². The van der Waals surface area contributed by atoms with Crippen LogP contribution in [-0.2, 0) is 20.4 Å². The van der Waals surface area contributed by atoms with Gasteiger partial charge in [0.15, 0.2) is 5.70 Å². The van der Waals surface area contributed by atoms with Crippen LogP contribution in [0.3, 0.4) is 0 Å². The second-order valence-electron chi connectivity index (χ2n) is 9.48. The van der Waals surface area contributed by atoms with Gasteiger partial charge in [-0.25, -0.2) is 9.79 Å². The molecule has 0 aromatic heterocycles. The summed E-state index contributed by atoms with van der Waals surface area (Å²) < 4.78 is 5.46. The number of aliphatic imine (C=N–C) groups is 1. The molecule has 0 unspecified atom stereocenters. The number of ether oxygens (including phenoxy) is 1. The second-order valence-corrected chi connectivity index (χ2v) is 9.48. The number of esters is 1. The van der Waals surface area contributed by atoms with Gasteiger partial charge in [0.2, 0.25) is 5.90 Å². The lowest BCUT2D eigenvalue weighted by atomic mass is 9.79. The largest absolute Gasteiger partial charge is 0.402 e. The summed E-state index contributed by atoms with van der Waals surface area (Å²) in [5.74, 6) is -0.272. The van der Waals surface area contributed by atoms with E-state index in [9.17, 15) is 14.9 Å². The van der Waals surface area contributed by atoms with E-state index in [2.05, 4.69) is 52.6 Å². The summed E-state index contributed by atoms with van der Waals surface area (Å²) >= 11 is 0. The molecule has 1 aliphatic heterocycles. The van der Waals surface area contributed by atoms with Gasteiger partial charge >= 0.3 is 5.97 Å². The Morgan fingerprint density at radius 3 is 1.93 bits per heavy atom. The number of carbonyl (C=O) groups excluding carboxylic acids is 1. The molecular formula is C24H26N2O4. The first-order chi connectivity index (χ1) is 13.8. The Labute approximate surface area is 176 Å². The molecule has 3 rings (SSSR count). The zero-order chi connectivity index (χ0) is 22.3. The van der Waals surface area contributed by atoms with E-state index in [1.165, 1.54) is 12.1 Å². The topological polar surface area (TPSA) is 81.8 Å². The number of benzene rings is 2. The monoisotopic (exact) mass is 406 g/mol. The van der Waals surface area contributed by atoms with Gasteiger partial charge in [-0.3, -0.25) is 10.1 Å². The molecule has 0 fully saturated rings. The van der Waals surface area contributed by atoms with Crippen LogP contribution < -0.4 is 0 Å². The van der Waals surface area contributed by atoms with E-state index >= 15 is 0 Å². The number of non-ortho nitro benzene ring substituents is 1. The molecule has 0 atom stereocenters. The average molecular weight is 406 g/mol. The molecule has 0 spiro atoms. The van der Waals surface area contributed by atoms with Gasteiger partial charge < -0.3 is 4.74 Å². The van der Waals surface area contributed by atoms with E-state index in [0.717, 1.165) is 16.7 Å². The zero-order valence-electron chi connectivity index (χ0n) is 18.1. The Balaban J connectivity index is 2.02. The first kappa shape index (κ1) is 21.4. The number of nitro benzene ring substituents is 1. The number of nitrogens with zero attached hydrogens (tertiary/aromatic N) is 2. The molecule has 0 saturated heterocycles. The lowest BCUT2D eigenvalue weighted by molar-refractivity contribution is -0.384. The van der Waals surface area contributed by atoms with Crippen LogP contribution in [0.15, 0.2) is 53.2 Å². The van der Waals surface area contributed by atoms with E-state index in [1.807, 2.05) is 12.1 Å². The van der Waals surface area contributed by atoms with Crippen molar-refractivity contribution in [2.45, 2.75) is 52.4 Å². The molecule has 2 aromatic rings. The molecule has 0 radical (unpaired) electrons. The Hall–Kier alpha value is -3.28. The fraction of sp³-hybridized carbons (Fsp3) is 0.333. The third-order valence-electron chi connectivity index (χ3n) is 4.94. The third-order valence-corrected chi connectivity index (χ3v) is 4.94. The standard InChI is InChI=1S/C24H26N2O4/c1-23(2,3)17-12-16(13-18(14-17)24(4,5)6)21-25-20(22(27)30-21)11-15-7-9-19(10-8-15)26(28)29/h7-14H,1-6H3/b20-11-. The normalized spacial score (nSPS) is 15.9. The first-order valence-electron chi connectivity index (χ1n) is 9.78. The molecule has 30 heavy (non-hydrogen) atoms. The van der Waals surface area contributed by atoms with Gasteiger partial charge in [-0.1, -0.05) is 47.6 Å². The van der Waals surface area contributed by atoms with Gasteiger partial charge in [-0.15, -0.1) is 0 Å². The molecule has 2 aromatic carbocycles. The average Bonchev–Trinajstić information content (AvgIpc) is 3.01. The number of nitro groups is 1. The quantitative estimate of drug-likeness (QED) is 0.290. The fourth-order valence-electron chi connectivity index (χ4n) is 3.00. The van der Waals surface area contributed by atoms with Crippen molar-refractivity contribution >= 4 is 23.6 Å². The zero-order valence-corrected chi connectivity index (χ0v) is 18.1. The van der Waals surface area contributed by atoms with Gasteiger partial charge in [0.05, 0.1) is 4.92 Å². The highest BCUT2D eigenvalue weighted by Gasteiger charge is 2.27. The lowest BCUT2D eigenvalue weighted by Gasteiger charge is -2.26. The van der Waals surface area contributed by atoms with E-state index in [-0.39, 0.29) is 28.1 Å². The minimum Gasteiger partial charge on any atom is -0.402 e. The molecule has 6 nitrogen and oxygen atoms in total. The fourth-order valence-corrected chi connectivity index (χ4v) is 3.00. The highest BCUT2D eigenvalue weighted by atomic mass is 16.6. The highest BCUT2D eigenvalue weighted by molar-refractivity contribution is 6.13. The maximum absolute atomic E-state index is 12.4. The van der Waals surface area contributed by atoms with Crippen LogP contribution in [0, 0.1) is 10.1 Å². The molecular weight excluding hydrogens is 380 g/mol. The number of carbonyl (C=O) groups is 1. The Bertz CT molecular complexity index is 1030. The first-order valence-corrected chi connectivity index (χ1v) is 9.78. The summed E-state index contributed by atoms with van der Waals surface area (Å²) in [5, 5.41) is 10.8. The SMILES string of the molecule is CC(C)(C)c1cc(C2=N/C(=C\c3ccc([N+](=O)[O-])cc3)C(=O)O2)cc(C(C)(C)C)c1. The van der Waals surface area contributed by atoms with E-state index in [0.29, 0.717) is 5.56 Å². The van der Waals surface area contributed by atoms with Crippen LogP contribution in [0.5, 0.6) is 0 Å². The number of hydrogen-bond acceptors (Lipinski definition) is 5. The molecule has 0 N–H and O–H groups in total. The van der Waals surface area contributed by atoms with Crippen molar-refractivity contribution in [1.82, 2.24) is 0 Å². The van der Waals surface area contributed by atoms with E-state index < -0.39 is 10.9 Å². The van der Waals surface area contributed by atoms with Crippen LogP contribution in [0.2, 0.25) is 0 Å². The lowest BCUT2D eigenvalue weighted by Crippen LogP contribution is -2.18. The molecule has 156 valence electrons.